The topological polar surface area (TPSA) is 26.3 Å². The van der Waals surface area contributed by atoms with Crippen LogP contribution in [-0.4, -0.2) is 5.97 Å². The van der Waals surface area contributed by atoms with Crippen molar-refractivity contribution in [1.82, 2.24) is 0 Å². The van der Waals surface area contributed by atoms with Crippen LogP contribution < -0.4 is 0 Å². The van der Waals surface area contributed by atoms with Crippen molar-refractivity contribution in [2.24, 2.45) is 0 Å². The van der Waals surface area contributed by atoms with Gasteiger partial charge in [-0.2, -0.15) is 0 Å². The van der Waals surface area contributed by atoms with Crippen molar-refractivity contribution < 1.29 is 14.3 Å². The Hall–Kier alpha value is -1.64. The second kappa shape index (κ2) is 4.28. The number of halogens is 1. The molecule has 2 nitrogen and oxygen atoms in total. The lowest BCUT2D eigenvalue weighted by Crippen LogP contribution is -1.89. The quantitative estimate of drug-likeness (QED) is 0.629. The Morgan fingerprint density at radius 2 is 2.00 bits per heavy atom. The molecule has 0 heterocycles. The molecule has 0 radical (unpaired) electrons. The number of rotatable bonds is 2. The van der Waals surface area contributed by atoms with Crippen LogP contribution in [0.1, 0.15) is 5.56 Å². The first-order chi connectivity index (χ1) is 5.83. The van der Waals surface area contributed by atoms with Crippen LogP contribution >= 0.6 is 0 Å². The summed E-state index contributed by atoms with van der Waals surface area (Å²) in [7, 11) is 0. The van der Waals surface area contributed by atoms with Crippen molar-refractivity contribution in [3.05, 3.63) is 42.0 Å². The van der Waals surface area contributed by atoms with Crippen molar-refractivity contribution in [3.8, 4) is 0 Å². The van der Waals surface area contributed by atoms with Crippen LogP contribution in [0.25, 0.3) is 6.08 Å². The predicted molar refractivity (Wildman–Crippen MR) is 42.7 cm³/mol. The first-order valence-electron chi connectivity index (χ1n) is 3.38. The molecule has 0 saturated carbocycles. The third-order valence-electron chi connectivity index (χ3n) is 1.29. The highest BCUT2D eigenvalue weighted by molar-refractivity contribution is 5.86. The van der Waals surface area contributed by atoms with Crippen molar-refractivity contribution in [2.75, 3.05) is 0 Å². The van der Waals surface area contributed by atoms with E-state index in [2.05, 4.69) is 4.94 Å². The molecule has 0 aliphatic heterocycles. The molecule has 1 aromatic carbocycles. The lowest BCUT2D eigenvalue weighted by molar-refractivity contribution is -0.176. The van der Waals surface area contributed by atoms with Gasteiger partial charge in [0.05, 0.1) is 0 Å². The number of benzene rings is 1. The van der Waals surface area contributed by atoms with Gasteiger partial charge in [-0.05, 0) is 11.6 Å². The van der Waals surface area contributed by atoms with Gasteiger partial charge in [-0.1, -0.05) is 30.3 Å². The van der Waals surface area contributed by atoms with Crippen LogP contribution in [-0.2, 0) is 9.74 Å². The van der Waals surface area contributed by atoms with Gasteiger partial charge in [-0.3, -0.25) is 4.94 Å². The molecular formula is C9H7FO2. The fourth-order valence-corrected chi connectivity index (χ4v) is 0.754. The van der Waals surface area contributed by atoms with E-state index in [9.17, 15) is 9.32 Å². The van der Waals surface area contributed by atoms with E-state index < -0.39 is 5.97 Å². The van der Waals surface area contributed by atoms with Crippen molar-refractivity contribution in [3.63, 3.8) is 0 Å². The van der Waals surface area contributed by atoms with Crippen LogP contribution in [0.15, 0.2) is 36.4 Å². The van der Waals surface area contributed by atoms with Gasteiger partial charge in [0.15, 0.2) is 0 Å². The second-order valence-corrected chi connectivity index (χ2v) is 2.14. The summed E-state index contributed by atoms with van der Waals surface area (Å²) in [6, 6.07) is 9.08. The number of carbonyl (C=O) groups is 1. The van der Waals surface area contributed by atoms with Gasteiger partial charge in [-0.25, -0.2) is 4.79 Å². The highest BCUT2D eigenvalue weighted by Crippen LogP contribution is 2.00. The average Bonchev–Trinajstić information content (AvgIpc) is 2.16. The Bertz CT molecular complexity index is 280. The minimum Gasteiger partial charge on any atom is -0.250 e. The lowest BCUT2D eigenvalue weighted by Gasteiger charge is -1.88. The molecule has 3 heteroatoms. The molecule has 62 valence electrons. The van der Waals surface area contributed by atoms with E-state index in [1.165, 1.54) is 6.08 Å². The molecule has 0 bridgehead atoms. The summed E-state index contributed by atoms with van der Waals surface area (Å²) in [5.41, 5.74) is 0.822. The summed E-state index contributed by atoms with van der Waals surface area (Å²) in [5, 5.41) is 0. The Balaban J connectivity index is 2.64. The van der Waals surface area contributed by atoms with Gasteiger partial charge in [0, 0.05) is 10.6 Å². The monoisotopic (exact) mass is 166 g/mol. The zero-order chi connectivity index (χ0) is 8.81. The SMILES string of the molecule is O=C(C=Cc1ccccc1)OF. The molecule has 0 spiro atoms. The standard InChI is InChI=1S/C9H7FO2/c10-12-9(11)7-6-8-4-2-1-3-5-8/h1-7H. The van der Waals surface area contributed by atoms with Gasteiger partial charge >= 0.3 is 5.97 Å². The van der Waals surface area contributed by atoms with Gasteiger partial charge < -0.3 is 0 Å². The Kier molecular flexibility index (Phi) is 3.02. The Morgan fingerprint density at radius 3 is 2.58 bits per heavy atom. The molecule has 1 aromatic rings. The van der Waals surface area contributed by atoms with E-state index in [-0.39, 0.29) is 0 Å². The van der Waals surface area contributed by atoms with Gasteiger partial charge in [0.2, 0.25) is 0 Å². The third kappa shape index (κ3) is 2.54. The lowest BCUT2D eigenvalue weighted by atomic mass is 10.2. The van der Waals surface area contributed by atoms with E-state index in [1.54, 1.807) is 12.1 Å². The zero-order valence-corrected chi connectivity index (χ0v) is 6.24. The van der Waals surface area contributed by atoms with Crippen molar-refractivity contribution in [2.45, 2.75) is 0 Å². The maximum Gasteiger partial charge on any atom is 0.372 e. The number of hydrogen-bond acceptors (Lipinski definition) is 2. The maximum absolute atomic E-state index is 11.2. The highest BCUT2D eigenvalue weighted by atomic mass is 19.3. The van der Waals surface area contributed by atoms with E-state index in [4.69, 9.17) is 0 Å². The fourth-order valence-electron chi connectivity index (χ4n) is 0.754. The van der Waals surface area contributed by atoms with E-state index >= 15 is 0 Å². The van der Waals surface area contributed by atoms with Gasteiger partial charge in [0.1, 0.15) is 0 Å². The van der Waals surface area contributed by atoms with E-state index in [0.717, 1.165) is 11.6 Å². The first-order valence-corrected chi connectivity index (χ1v) is 3.38. The van der Waals surface area contributed by atoms with E-state index in [0.29, 0.717) is 0 Å². The molecule has 0 amide bonds. The molecule has 1 rings (SSSR count). The number of carbonyl (C=O) groups excluding carboxylic acids is 1. The third-order valence-corrected chi connectivity index (χ3v) is 1.29. The molecule has 0 fully saturated rings. The second-order valence-electron chi connectivity index (χ2n) is 2.14. The first kappa shape index (κ1) is 8.46. The van der Waals surface area contributed by atoms with Crippen LogP contribution in [0, 0.1) is 0 Å². The van der Waals surface area contributed by atoms with Crippen molar-refractivity contribution in [1.29, 1.82) is 0 Å². The molecule has 0 atom stereocenters. The normalized spacial score (nSPS) is 10.1. The Labute approximate surface area is 69.2 Å². The molecule has 0 saturated heterocycles. The average molecular weight is 166 g/mol. The largest absolute Gasteiger partial charge is 0.372 e. The minimum absolute atomic E-state index is 0.822. The molecule has 0 N–H and O–H groups in total. The predicted octanol–water partition coefficient (Wildman–Crippen LogP) is 2.13. The van der Waals surface area contributed by atoms with Crippen LogP contribution in [0.2, 0.25) is 0 Å². The molecule has 0 aliphatic rings. The maximum atomic E-state index is 11.2. The Morgan fingerprint density at radius 1 is 1.33 bits per heavy atom. The summed E-state index contributed by atoms with van der Waals surface area (Å²) in [6.07, 6.45) is 2.50. The summed E-state index contributed by atoms with van der Waals surface area (Å²) in [4.78, 5) is 13.2. The summed E-state index contributed by atoms with van der Waals surface area (Å²) in [6.45, 7) is 0. The van der Waals surface area contributed by atoms with Crippen LogP contribution in [0.4, 0.5) is 4.53 Å². The molecule has 0 unspecified atom stereocenters. The summed E-state index contributed by atoms with van der Waals surface area (Å²) >= 11 is 0. The van der Waals surface area contributed by atoms with E-state index in [1.807, 2.05) is 18.2 Å². The molecular weight excluding hydrogens is 159 g/mol. The molecule has 12 heavy (non-hydrogen) atoms. The molecule has 0 aliphatic carbocycles. The highest BCUT2D eigenvalue weighted by Gasteiger charge is 1.93. The molecule has 0 aromatic heterocycles. The minimum atomic E-state index is -1.00. The van der Waals surface area contributed by atoms with Crippen molar-refractivity contribution >= 4 is 12.0 Å². The smallest absolute Gasteiger partial charge is 0.250 e. The summed E-state index contributed by atoms with van der Waals surface area (Å²) < 4.78 is 11.2. The van der Waals surface area contributed by atoms with Gasteiger partial charge in [0.25, 0.3) is 0 Å². The van der Waals surface area contributed by atoms with Gasteiger partial charge in [-0.15, -0.1) is 0 Å². The van der Waals surface area contributed by atoms with Crippen LogP contribution in [0.3, 0.4) is 0 Å². The zero-order valence-electron chi connectivity index (χ0n) is 6.24. The summed E-state index contributed by atoms with van der Waals surface area (Å²) in [5.74, 6) is -1.00. The van der Waals surface area contributed by atoms with Crippen LogP contribution in [0.5, 0.6) is 0 Å². The number of hydrogen-bond donors (Lipinski definition) is 0. The fraction of sp³-hybridized carbons (Fsp3) is 0.